The van der Waals surface area contributed by atoms with Gasteiger partial charge in [0.2, 0.25) is 0 Å². The number of carbonyl (C=O) groups excluding carboxylic acids is 1. The lowest BCUT2D eigenvalue weighted by Crippen LogP contribution is -2.40. The van der Waals surface area contributed by atoms with Gasteiger partial charge in [-0.05, 0) is 56.0 Å². The van der Waals surface area contributed by atoms with Crippen LogP contribution in [0.1, 0.15) is 33.9 Å². The molecule has 1 aromatic carbocycles. The third-order valence-electron chi connectivity index (χ3n) is 4.97. The number of halogens is 1. The predicted molar refractivity (Wildman–Crippen MR) is 98.8 cm³/mol. The van der Waals surface area contributed by atoms with Crippen molar-refractivity contribution < 1.29 is 9.18 Å². The van der Waals surface area contributed by atoms with E-state index in [-0.39, 0.29) is 29.0 Å². The van der Waals surface area contributed by atoms with Crippen molar-refractivity contribution in [3.8, 4) is 5.69 Å². The standard InChI is InChI=1S/C19H19FN6O2/c1-11-18(22-24-26(11)15-6-3-13(20)4-7-15)19(28)21-14-5-8-16-12(9-14)10-17(27)25(2)23-16/h3-4,6-7,10,14H,5,8-9H2,1-2H3,(H,21,28)/t14-/m1/s1. The van der Waals surface area contributed by atoms with Gasteiger partial charge < -0.3 is 5.32 Å². The minimum absolute atomic E-state index is 0.107. The Kier molecular flexibility index (Phi) is 4.50. The number of nitrogens with zero attached hydrogens (tertiary/aromatic N) is 5. The lowest BCUT2D eigenvalue weighted by molar-refractivity contribution is 0.0927. The van der Waals surface area contributed by atoms with Crippen molar-refractivity contribution >= 4 is 5.91 Å². The highest BCUT2D eigenvalue weighted by Crippen LogP contribution is 2.19. The fraction of sp³-hybridized carbons (Fsp3) is 0.316. The monoisotopic (exact) mass is 382 g/mol. The van der Waals surface area contributed by atoms with E-state index in [4.69, 9.17) is 0 Å². The molecule has 3 aromatic rings. The number of amides is 1. The fourth-order valence-corrected chi connectivity index (χ4v) is 3.43. The van der Waals surface area contributed by atoms with Crippen molar-refractivity contribution in [2.75, 3.05) is 0 Å². The van der Waals surface area contributed by atoms with E-state index in [0.717, 1.165) is 17.7 Å². The van der Waals surface area contributed by atoms with Crippen LogP contribution in [-0.2, 0) is 19.9 Å². The summed E-state index contributed by atoms with van der Waals surface area (Å²) in [6, 6.07) is 7.28. The molecule has 0 radical (unpaired) electrons. The van der Waals surface area contributed by atoms with Gasteiger partial charge in [0.15, 0.2) is 5.69 Å². The van der Waals surface area contributed by atoms with Crippen molar-refractivity contribution in [3.05, 3.63) is 69.1 Å². The Bertz CT molecular complexity index is 1100. The van der Waals surface area contributed by atoms with Crippen LogP contribution >= 0.6 is 0 Å². The highest BCUT2D eigenvalue weighted by molar-refractivity contribution is 5.93. The molecule has 1 aliphatic rings. The summed E-state index contributed by atoms with van der Waals surface area (Å²) >= 11 is 0. The van der Waals surface area contributed by atoms with Gasteiger partial charge in [0.1, 0.15) is 5.82 Å². The third kappa shape index (κ3) is 3.30. The number of carbonyl (C=O) groups is 1. The molecule has 2 aromatic heterocycles. The molecule has 4 rings (SSSR count). The summed E-state index contributed by atoms with van der Waals surface area (Å²) in [5.74, 6) is -0.669. The van der Waals surface area contributed by atoms with E-state index in [0.29, 0.717) is 24.2 Å². The average Bonchev–Trinajstić information content (AvgIpc) is 3.05. The lowest BCUT2D eigenvalue weighted by Gasteiger charge is -2.24. The van der Waals surface area contributed by atoms with Crippen LogP contribution in [0, 0.1) is 12.7 Å². The summed E-state index contributed by atoms with van der Waals surface area (Å²) < 4.78 is 15.9. The molecular formula is C19H19FN6O2. The van der Waals surface area contributed by atoms with Crippen LogP contribution in [0.25, 0.3) is 5.69 Å². The van der Waals surface area contributed by atoms with Crippen LogP contribution < -0.4 is 10.9 Å². The molecule has 0 unspecified atom stereocenters. The van der Waals surface area contributed by atoms with Crippen LogP contribution in [0.5, 0.6) is 0 Å². The first-order chi connectivity index (χ1) is 13.4. The van der Waals surface area contributed by atoms with Crippen LogP contribution in [-0.4, -0.2) is 36.7 Å². The third-order valence-corrected chi connectivity index (χ3v) is 4.97. The molecule has 1 atom stereocenters. The second-order valence-electron chi connectivity index (χ2n) is 6.90. The molecular weight excluding hydrogens is 363 g/mol. The zero-order valence-electron chi connectivity index (χ0n) is 15.5. The number of nitrogens with one attached hydrogen (secondary N) is 1. The van der Waals surface area contributed by atoms with Gasteiger partial charge in [-0.15, -0.1) is 5.10 Å². The second-order valence-corrected chi connectivity index (χ2v) is 6.90. The molecule has 0 bridgehead atoms. The molecule has 1 N–H and O–H groups in total. The Morgan fingerprint density at radius 2 is 2.04 bits per heavy atom. The number of fused-ring (bicyclic) bond motifs is 1. The molecule has 0 spiro atoms. The zero-order chi connectivity index (χ0) is 19.8. The average molecular weight is 382 g/mol. The number of aromatic nitrogens is 5. The maximum Gasteiger partial charge on any atom is 0.273 e. The molecule has 1 aliphatic carbocycles. The quantitative estimate of drug-likeness (QED) is 0.732. The first kappa shape index (κ1) is 18.0. The molecule has 28 heavy (non-hydrogen) atoms. The van der Waals surface area contributed by atoms with Gasteiger partial charge in [-0.1, -0.05) is 5.21 Å². The van der Waals surface area contributed by atoms with Gasteiger partial charge in [0.25, 0.3) is 11.5 Å². The van der Waals surface area contributed by atoms with Gasteiger partial charge in [0, 0.05) is 19.2 Å². The molecule has 0 saturated heterocycles. The van der Waals surface area contributed by atoms with Crippen LogP contribution in [0.15, 0.2) is 35.1 Å². The van der Waals surface area contributed by atoms with E-state index in [2.05, 4.69) is 20.7 Å². The summed E-state index contributed by atoms with van der Waals surface area (Å²) in [5.41, 5.74) is 3.01. The van der Waals surface area contributed by atoms with E-state index in [1.807, 2.05) is 0 Å². The van der Waals surface area contributed by atoms with Crippen molar-refractivity contribution in [3.63, 3.8) is 0 Å². The van der Waals surface area contributed by atoms with Crippen LogP contribution in [0.2, 0.25) is 0 Å². The highest BCUT2D eigenvalue weighted by Gasteiger charge is 2.25. The maximum absolute atomic E-state index is 13.1. The maximum atomic E-state index is 13.1. The van der Waals surface area contributed by atoms with E-state index in [1.54, 1.807) is 32.2 Å². The topological polar surface area (TPSA) is 94.7 Å². The smallest absolute Gasteiger partial charge is 0.273 e. The second kappa shape index (κ2) is 6.99. The van der Waals surface area contributed by atoms with E-state index >= 15 is 0 Å². The minimum Gasteiger partial charge on any atom is -0.348 e. The Labute approximate surface area is 160 Å². The van der Waals surface area contributed by atoms with E-state index in [1.165, 1.54) is 21.5 Å². The Morgan fingerprint density at radius 1 is 1.29 bits per heavy atom. The SMILES string of the molecule is Cc1c(C(=O)N[C@@H]2CCc3nn(C)c(=O)cc3C2)nnn1-c1ccc(F)cc1. The molecule has 8 nitrogen and oxygen atoms in total. The Balaban J connectivity index is 1.51. The molecule has 0 aliphatic heterocycles. The number of hydrogen-bond donors (Lipinski definition) is 1. The molecule has 0 saturated carbocycles. The number of benzene rings is 1. The Morgan fingerprint density at radius 3 is 2.79 bits per heavy atom. The van der Waals surface area contributed by atoms with Gasteiger partial charge in [0.05, 0.1) is 17.1 Å². The van der Waals surface area contributed by atoms with Gasteiger partial charge in [-0.3, -0.25) is 9.59 Å². The van der Waals surface area contributed by atoms with E-state index < -0.39 is 0 Å². The first-order valence-corrected chi connectivity index (χ1v) is 8.97. The molecule has 144 valence electrons. The van der Waals surface area contributed by atoms with Crippen LogP contribution in [0.3, 0.4) is 0 Å². The van der Waals surface area contributed by atoms with Crippen LogP contribution in [0.4, 0.5) is 4.39 Å². The van der Waals surface area contributed by atoms with E-state index in [9.17, 15) is 14.0 Å². The van der Waals surface area contributed by atoms with Crippen molar-refractivity contribution in [1.29, 1.82) is 0 Å². The van der Waals surface area contributed by atoms with Gasteiger partial charge >= 0.3 is 0 Å². The first-order valence-electron chi connectivity index (χ1n) is 8.97. The normalized spacial score (nSPS) is 15.9. The predicted octanol–water partition coefficient (Wildman–Crippen LogP) is 1.10. The number of hydrogen-bond acceptors (Lipinski definition) is 5. The zero-order valence-corrected chi connectivity index (χ0v) is 15.5. The van der Waals surface area contributed by atoms with Crippen molar-refractivity contribution in [1.82, 2.24) is 30.1 Å². The lowest BCUT2D eigenvalue weighted by atomic mass is 9.92. The fourth-order valence-electron chi connectivity index (χ4n) is 3.43. The molecule has 2 heterocycles. The summed E-state index contributed by atoms with van der Waals surface area (Å²) in [6.45, 7) is 1.74. The van der Waals surface area contributed by atoms with Crippen molar-refractivity contribution in [2.45, 2.75) is 32.2 Å². The summed E-state index contributed by atoms with van der Waals surface area (Å²) in [7, 11) is 1.63. The largest absolute Gasteiger partial charge is 0.348 e. The number of aryl methyl sites for hydroxylation is 2. The van der Waals surface area contributed by atoms with Crippen molar-refractivity contribution in [2.24, 2.45) is 7.05 Å². The Hall–Kier alpha value is -3.36. The highest BCUT2D eigenvalue weighted by atomic mass is 19.1. The summed E-state index contributed by atoms with van der Waals surface area (Å²) in [4.78, 5) is 24.5. The molecule has 9 heteroatoms. The summed E-state index contributed by atoms with van der Waals surface area (Å²) in [6.07, 6.45) is 1.97. The minimum atomic E-state index is -0.346. The molecule has 0 fully saturated rings. The van der Waals surface area contributed by atoms with Gasteiger partial charge in [-0.25, -0.2) is 13.8 Å². The number of rotatable bonds is 3. The molecule has 1 amide bonds. The summed E-state index contributed by atoms with van der Waals surface area (Å²) in [5, 5.41) is 15.3. The van der Waals surface area contributed by atoms with Gasteiger partial charge in [-0.2, -0.15) is 5.10 Å².